The zero-order valence-corrected chi connectivity index (χ0v) is 12.0. The van der Waals surface area contributed by atoms with Gasteiger partial charge in [0.05, 0.1) is 24.2 Å². The van der Waals surface area contributed by atoms with E-state index in [2.05, 4.69) is 29.7 Å². The molecule has 0 atom stereocenters. The molecule has 4 nitrogen and oxygen atoms in total. The molecule has 0 saturated carbocycles. The summed E-state index contributed by atoms with van der Waals surface area (Å²) in [4.78, 5) is 4.75. The van der Waals surface area contributed by atoms with Crippen LogP contribution in [0.5, 0.6) is 0 Å². The van der Waals surface area contributed by atoms with Gasteiger partial charge in [0.25, 0.3) is 0 Å². The van der Waals surface area contributed by atoms with E-state index in [0.29, 0.717) is 0 Å². The summed E-state index contributed by atoms with van der Waals surface area (Å²) < 4.78 is 13.6. The summed E-state index contributed by atoms with van der Waals surface area (Å²) in [5.41, 5.74) is 2.30. The van der Waals surface area contributed by atoms with Gasteiger partial charge in [-0.2, -0.15) is 0 Å². The van der Waals surface area contributed by atoms with Crippen molar-refractivity contribution >= 4 is 11.0 Å². The van der Waals surface area contributed by atoms with E-state index in [9.17, 15) is 0 Å². The van der Waals surface area contributed by atoms with E-state index in [4.69, 9.17) is 14.5 Å². The number of nitrogens with zero attached hydrogens (tertiary/aromatic N) is 2. The minimum absolute atomic E-state index is 0.0561. The normalized spacial score (nSPS) is 16.9. The van der Waals surface area contributed by atoms with Crippen LogP contribution in [0.1, 0.15) is 32.0 Å². The van der Waals surface area contributed by atoms with Crippen molar-refractivity contribution in [3.63, 3.8) is 0 Å². The summed E-state index contributed by atoms with van der Waals surface area (Å²) in [7, 11) is 0. The van der Waals surface area contributed by atoms with Gasteiger partial charge in [-0.3, -0.25) is 0 Å². The lowest BCUT2D eigenvalue weighted by Gasteiger charge is -2.23. The van der Waals surface area contributed by atoms with Crippen LogP contribution in [0.3, 0.4) is 0 Å². The van der Waals surface area contributed by atoms with Gasteiger partial charge in [-0.1, -0.05) is 19.1 Å². The summed E-state index contributed by atoms with van der Waals surface area (Å²) in [6.45, 7) is 4.73. The Morgan fingerprint density at radius 3 is 2.85 bits per heavy atom. The third-order valence-electron chi connectivity index (χ3n) is 3.69. The molecule has 0 aliphatic carbocycles. The Balaban J connectivity index is 1.79. The van der Waals surface area contributed by atoms with Crippen molar-refractivity contribution in [1.29, 1.82) is 0 Å². The Labute approximate surface area is 119 Å². The van der Waals surface area contributed by atoms with Crippen molar-refractivity contribution in [2.75, 3.05) is 13.2 Å². The lowest BCUT2D eigenvalue weighted by molar-refractivity contribution is -0.182. The maximum Gasteiger partial charge on any atom is 0.159 e. The monoisotopic (exact) mass is 274 g/mol. The Bertz CT molecular complexity index is 559. The molecular formula is C16H22N2O2. The third kappa shape index (κ3) is 2.86. The van der Waals surface area contributed by atoms with E-state index in [-0.39, 0.29) is 6.29 Å². The number of aromatic nitrogens is 2. The van der Waals surface area contributed by atoms with Gasteiger partial charge >= 0.3 is 0 Å². The van der Waals surface area contributed by atoms with Crippen LogP contribution in [0.25, 0.3) is 11.0 Å². The van der Waals surface area contributed by atoms with Gasteiger partial charge in [-0.25, -0.2) is 4.98 Å². The first-order valence-corrected chi connectivity index (χ1v) is 7.56. The molecule has 4 heteroatoms. The number of ether oxygens (including phenoxy) is 2. The van der Waals surface area contributed by atoms with Crippen molar-refractivity contribution in [2.45, 2.75) is 45.4 Å². The molecule has 1 aromatic heterocycles. The maximum atomic E-state index is 5.63. The van der Waals surface area contributed by atoms with Crippen molar-refractivity contribution in [1.82, 2.24) is 9.55 Å². The molecule has 0 radical (unpaired) electrons. The first-order chi connectivity index (χ1) is 9.88. The fraction of sp³-hybridized carbons (Fsp3) is 0.562. The average Bonchev–Trinajstić information content (AvgIpc) is 2.84. The fourth-order valence-corrected chi connectivity index (χ4v) is 2.73. The molecular weight excluding hydrogens is 252 g/mol. The Morgan fingerprint density at radius 1 is 1.25 bits per heavy atom. The fourth-order valence-electron chi connectivity index (χ4n) is 2.73. The number of fused-ring (bicyclic) bond motifs is 1. The minimum atomic E-state index is -0.0561. The number of rotatable bonds is 5. The van der Waals surface area contributed by atoms with E-state index in [1.807, 2.05) is 6.07 Å². The van der Waals surface area contributed by atoms with E-state index >= 15 is 0 Å². The van der Waals surface area contributed by atoms with Crippen LogP contribution in [0.15, 0.2) is 24.3 Å². The number of benzene rings is 1. The van der Waals surface area contributed by atoms with Gasteiger partial charge in [0.2, 0.25) is 0 Å². The smallest absolute Gasteiger partial charge is 0.159 e. The minimum Gasteiger partial charge on any atom is -0.353 e. The molecule has 20 heavy (non-hydrogen) atoms. The van der Waals surface area contributed by atoms with Crippen LogP contribution in [0, 0.1) is 0 Å². The van der Waals surface area contributed by atoms with Crippen LogP contribution in [0.2, 0.25) is 0 Å². The number of aryl methyl sites for hydroxylation is 2. The maximum absolute atomic E-state index is 5.63. The standard InChI is InChI=1S/C16H22N2O2/c1-2-6-15-17-13-7-3-4-8-14(13)18(15)10-9-16-19-11-5-12-20-16/h3-4,7-8,16H,2,5-6,9-12H2,1H3. The van der Waals surface area contributed by atoms with Crippen LogP contribution in [-0.2, 0) is 22.4 Å². The summed E-state index contributed by atoms with van der Waals surface area (Å²) >= 11 is 0. The van der Waals surface area contributed by atoms with Gasteiger partial charge in [-0.15, -0.1) is 0 Å². The van der Waals surface area contributed by atoms with E-state index in [1.54, 1.807) is 0 Å². The van der Waals surface area contributed by atoms with Crippen LogP contribution in [0.4, 0.5) is 0 Å². The highest BCUT2D eigenvalue weighted by Crippen LogP contribution is 2.19. The third-order valence-corrected chi connectivity index (χ3v) is 3.69. The Morgan fingerprint density at radius 2 is 2.05 bits per heavy atom. The lowest BCUT2D eigenvalue weighted by atomic mass is 10.3. The first kappa shape index (κ1) is 13.6. The quantitative estimate of drug-likeness (QED) is 0.840. The van der Waals surface area contributed by atoms with Crippen LogP contribution < -0.4 is 0 Å². The molecule has 1 fully saturated rings. The molecule has 0 N–H and O–H groups in total. The molecule has 1 aliphatic heterocycles. The first-order valence-electron chi connectivity index (χ1n) is 7.56. The summed E-state index contributed by atoms with van der Waals surface area (Å²) in [5, 5.41) is 0. The van der Waals surface area contributed by atoms with Crippen molar-refractivity contribution in [3.8, 4) is 0 Å². The largest absolute Gasteiger partial charge is 0.353 e. The summed E-state index contributed by atoms with van der Waals surface area (Å²) in [6, 6.07) is 8.34. The molecule has 0 bridgehead atoms. The summed E-state index contributed by atoms with van der Waals surface area (Å²) in [6.07, 6.45) is 3.96. The van der Waals surface area contributed by atoms with E-state index < -0.39 is 0 Å². The molecule has 1 aliphatic rings. The SMILES string of the molecule is CCCc1nc2ccccc2n1CCC1OCCCO1. The molecule has 2 heterocycles. The topological polar surface area (TPSA) is 36.3 Å². The molecule has 0 amide bonds. The van der Waals surface area contributed by atoms with Crippen LogP contribution >= 0.6 is 0 Å². The van der Waals surface area contributed by atoms with Gasteiger partial charge < -0.3 is 14.0 Å². The number of imidazole rings is 1. The molecule has 1 saturated heterocycles. The predicted molar refractivity (Wildman–Crippen MR) is 78.7 cm³/mol. The van der Waals surface area contributed by atoms with Gasteiger partial charge in [0.15, 0.2) is 6.29 Å². The van der Waals surface area contributed by atoms with E-state index in [0.717, 1.165) is 51.0 Å². The number of hydrogen-bond donors (Lipinski definition) is 0. The predicted octanol–water partition coefficient (Wildman–Crippen LogP) is 3.14. The highest BCUT2D eigenvalue weighted by Gasteiger charge is 2.16. The number of para-hydroxylation sites is 2. The molecule has 0 spiro atoms. The van der Waals surface area contributed by atoms with Crippen molar-refractivity contribution < 1.29 is 9.47 Å². The van der Waals surface area contributed by atoms with Gasteiger partial charge in [-0.05, 0) is 25.0 Å². The second kappa shape index (κ2) is 6.37. The Hall–Kier alpha value is -1.39. The lowest BCUT2D eigenvalue weighted by Crippen LogP contribution is -2.26. The zero-order valence-electron chi connectivity index (χ0n) is 12.0. The van der Waals surface area contributed by atoms with Crippen molar-refractivity contribution in [3.05, 3.63) is 30.1 Å². The van der Waals surface area contributed by atoms with Crippen LogP contribution in [-0.4, -0.2) is 29.1 Å². The molecule has 3 rings (SSSR count). The summed E-state index contributed by atoms with van der Waals surface area (Å²) in [5.74, 6) is 1.17. The molecule has 2 aromatic rings. The Kier molecular flexibility index (Phi) is 4.33. The average molecular weight is 274 g/mol. The zero-order chi connectivity index (χ0) is 13.8. The highest BCUT2D eigenvalue weighted by atomic mass is 16.7. The number of hydrogen-bond acceptors (Lipinski definition) is 3. The second-order valence-corrected chi connectivity index (χ2v) is 5.23. The van der Waals surface area contributed by atoms with Crippen molar-refractivity contribution in [2.24, 2.45) is 0 Å². The molecule has 108 valence electrons. The van der Waals surface area contributed by atoms with E-state index in [1.165, 1.54) is 11.3 Å². The van der Waals surface area contributed by atoms with Gasteiger partial charge in [0.1, 0.15) is 5.82 Å². The molecule has 0 unspecified atom stereocenters. The molecule has 1 aromatic carbocycles. The van der Waals surface area contributed by atoms with Gasteiger partial charge in [0, 0.05) is 19.4 Å². The second-order valence-electron chi connectivity index (χ2n) is 5.23. The highest BCUT2D eigenvalue weighted by molar-refractivity contribution is 5.75.